The molecule has 0 saturated carbocycles. The van der Waals surface area contributed by atoms with Crippen LogP contribution in [-0.2, 0) is 6.18 Å². The molecule has 29 heavy (non-hydrogen) atoms. The number of carbonyl (C=O) groups is 1. The maximum absolute atomic E-state index is 13.5. The molecule has 0 aliphatic rings. The molecule has 2 N–H and O–H groups in total. The van der Waals surface area contributed by atoms with Gasteiger partial charge in [-0.3, -0.25) is 4.79 Å². The second-order valence-electron chi connectivity index (χ2n) is 5.91. The molecular weight excluding hydrogens is 457 g/mol. The Balaban J connectivity index is 1.84. The molecule has 0 aliphatic carbocycles. The van der Waals surface area contributed by atoms with E-state index in [9.17, 15) is 23.1 Å². The van der Waals surface area contributed by atoms with Crippen molar-refractivity contribution in [3.63, 3.8) is 0 Å². The van der Waals surface area contributed by atoms with Crippen LogP contribution in [0.3, 0.4) is 0 Å². The molecule has 3 heterocycles. The van der Waals surface area contributed by atoms with Gasteiger partial charge in [0.2, 0.25) is 0 Å². The fraction of sp³-hybridized carbons (Fsp3) is 0.0556. The minimum Gasteiger partial charge on any atom is -0.506 e. The van der Waals surface area contributed by atoms with Crippen molar-refractivity contribution in [3.05, 3.63) is 64.6 Å². The SMILES string of the molecule is O=C(Nc1cc(Br)ccc1O)c1cnn2c(C(F)(F)F)cc(-c3ccco3)nc12. The summed E-state index contributed by atoms with van der Waals surface area (Å²) in [4.78, 5) is 16.8. The van der Waals surface area contributed by atoms with Gasteiger partial charge in [0.05, 0.1) is 18.1 Å². The van der Waals surface area contributed by atoms with Gasteiger partial charge >= 0.3 is 6.18 Å². The smallest absolute Gasteiger partial charge is 0.433 e. The molecule has 0 atom stereocenters. The van der Waals surface area contributed by atoms with E-state index in [4.69, 9.17) is 4.42 Å². The van der Waals surface area contributed by atoms with Crippen molar-refractivity contribution in [2.45, 2.75) is 6.18 Å². The molecule has 0 bridgehead atoms. The largest absolute Gasteiger partial charge is 0.506 e. The Hall–Kier alpha value is -3.34. The van der Waals surface area contributed by atoms with Gasteiger partial charge in [-0.15, -0.1) is 0 Å². The number of nitrogens with zero attached hydrogens (tertiary/aromatic N) is 3. The summed E-state index contributed by atoms with van der Waals surface area (Å²) in [6.45, 7) is 0. The standard InChI is InChI=1S/C18H10BrF3N4O3/c19-9-3-4-13(27)11(6-9)25-17(28)10-8-23-26-15(18(20,21)22)7-12(24-16(10)26)14-2-1-5-29-14/h1-8,27H,(H,25,28). The number of fused-ring (bicyclic) bond motifs is 1. The van der Waals surface area contributed by atoms with Gasteiger partial charge < -0.3 is 14.8 Å². The Kier molecular flexibility index (Phi) is 4.53. The van der Waals surface area contributed by atoms with E-state index in [2.05, 4.69) is 31.3 Å². The Bertz CT molecular complexity index is 1220. The van der Waals surface area contributed by atoms with Crippen molar-refractivity contribution in [1.82, 2.24) is 14.6 Å². The summed E-state index contributed by atoms with van der Waals surface area (Å²) in [7, 11) is 0. The highest BCUT2D eigenvalue weighted by Crippen LogP contribution is 2.33. The molecule has 3 aromatic heterocycles. The lowest BCUT2D eigenvalue weighted by Gasteiger charge is -2.11. The van der Waals surface area contributed by atoms with Crippen molar-refractivity contribution in [2.24, 2.45) is 0 Å². The zero-order valence-electron chi connectivity index (χ0n) is 14.2. The Morgan fingerprint density at radius 3 is 2.72 bits per heavy atom. The van der Waals surface area contributed by atoms with Gasteiger partial charge in [-0.1, -0.05) is 15.9 Å². The minimum absolute atomic E-state index is 0.0713. The van der Waals surface area contributed by atoms with Crippen LogP contribution >= 0.6 is 15.9 Å². The van der Waals surface area contributed by atoms with Gasteiger partial charge in [0.1, 0.15) is 17.0 Å². The molecule has 1 amide bonds. The first kappa shape index (κ1) is 19.0. The van der Waals surface area contributed by atoms with Gasteiger partial charge in [0.25, 0.3) is 5.91 Å². The number of furan rings is 1. The van der Waals surface area contributed by atoms with E-state index >= 15 is 0 Å². The average molecular weight is 467 g/mol. The van der Waals surface area contributed by atoms with Crippen molar-refractivity contribution in [3.8, 4) is 17.2 Å². The number of alkyl halides is 3. The number of nitrogens with one attached hydrogen (secondary N) is 1. The van der Waals surface area contributed by atoms with Crippen molar-refractivity contribution in [2.75, 3.05) is 5.32 Å². The fourth-order valence-electron chi connectivity index (χ4n) is 2.67. The molecule has 7 nitrogen and oxygen atoms in total. The van der Waals surface area contributed by atoms with E-state index < -0.39 is 17.8 Å². The lowest BCUT2D eigenvalue weighted by Crippen LogP contribution is -2.15. The zero-order valence-corrected chi connectivity index (χ0v) is 15.8. The molecule has 148 valence electrons. The normalized spacial score (nSPS) is 11.7. The van der Waals surface area contributed by atoms with Crippen LogP contribution in [0.5, 0.6) is 5.75 Å². The van der Waals surface area contributed by atoms with E-state index in [0.717, 1.165) is 12.3 Å². The van der Waals surface area contributed by atoms with Gasteiger partial charge in [-0.2, -0.15) is 18.3 Å². The highest BCUT2D eigenvalue weighted by Gasteiger charge is 2.36. The van der Waals surface area contributed by atoms with Crippen LogP contribution < -0.4 is 5.32 Å². The summed E-state index contributed by atoms with van der Waals surface area (Å²) in [5.41, 5.74) is -1.66. The molecule has 0 aliphatic heterocycles. The third kappa shape index (κ3) is 3.56. The highest BCUT2D eigenvalue weighted by molar-refractivity contribution is 9.10. The predicted molar refractivity (Wildman–Crippen MR) is 99.5 cm³/mol. The van der Waals surface area contributed by atoms with Gasteiger partial charge in [-0.05, 0) is 36.4 Å². The first-order chi connectivity index (χ1) is 13.7. The first-order valence-electron chi connectivity index (χ1n) is 8.04. The number of rotatable bonds is 3. The van der Waals surface area contributed by atoms with Crippen LogP contribution in [0.2, 0.25) is 0 Å². The topological polar surface area (TPSA) is 92.7 Å². The fourth-order valence-corrected chi connectivity index (χ4v) is 3.03. The summed E-state index contributed by atoms with van der Waals surface area (Å²) in [5.74, 6) is -0.890. The maximum Gasteiger partial charge on any atom is 0.433 e. The Morgan fingerprint density at radius 1 is 1.24 bits per heavy atom. The quantitative estimate of drug-likeness (QED) is 0.425. The molecular formula is C18H10BrF3N4O3. The molecule has 11 heteroatoms. The Morgan fingerprint density at radius 2 is 2.03 bits per heavy atom. The molecule has 0 spiro atoms. The van der Waals surface area contributed by atoms with Gasteiger partial charge in [0, 0.05) is 4.47 Å². The van der Waals surface area contributed by atoms with E-state index in [1.54, 1.807) is 6.07 Å². The van der Waals surface area contributed by atoms with E-state index in [1.165, 1.54) is 30.5 Å². The van der Waals surface area contributed by atoms with Crippen molar-refractivity contribution < 1.29 is 27.5 Å². The van der Waals surface area contributed by atoms with E-state index in [-0.39, 0.29) is 34.1 Å². The molecule has 4 rings (SSSR count). The van der Waals surface area contributed by atoms with Crippen molar-refractivity contribution >= 4 is 33.2 Å². The number of hydrogen-bond donors (Lipinski definition) is 2. The lowest BCUT2D eigenvalue weighted by atomic mass is 10.2. The summed E-state index contributed by atoms with van der Waals surface area (Å²) in [6, 6.07) is 8.11. The van der Waals surface area contributed by atoms with Crippen LogP contribution in [0.25, 0.3) is 17.1 Å². The zero-order chi connectivity index (χ0) is 20.8. The van der Waals surface area contributed by atoms with Crippen LogP contribution in [0.15, 0.2) is 57.7 Å². The predicted octanol–water partition coefficient (Wildman–Crippen LogP) is 4.73. The van der Waals surface area contributed by atoms with Gasteiger partial charge in [-0.25, -0.2) is 9.50 Å². The lowest BCUT2D eigenvalue weighted by molar-refractivity contribution is -0.142. The second kappa shape index (κ2) is 6.92. The highest BCUT2D eigenvalue weighted by atomic mass is 79.9. The number of phenols is 1. The summed E-state index contributed by atoms with van der Waals surface area (Å²) < 4.78 is 46.9. The second-order valence-corrected chi connectivity index (χ2v) is 6.83. The molecule has 0 fully saturated rings. The summed E-state index contributed by atoms with van der Waals surface area (Å²) >= 11 is 3.21. The molecule has 0 saturated heterocycles. The monoisotopic (exact) mass is 466 g/mol. The number of phenolic OH excluding ortho intramolecular Hbond substituents is 1. The third-order valence-corrected chi connectivity index (χ3v) is 4.48. The summed E-state index contributed by atoms with van der Waals surface area (Å²) in [6.07, 6.45) is -2.47. The van der Waals surface area contributed by atoms with Crippen LogP contribution in [0.4, 0.5) is 18.9 Å². The average Bonchev–Trinajstić information content (AvgIpc) is 3.32. The molecule has 1 aromatic carbocycles. The number of aromatic nitrogens is 3. The first-order valence-corrected chi connectivity index (χ1v) is 8.83. The maximum atomic E-state index is 13.5. The van der Waals surface area contributed by atoms with Crippen LogP contribution in [-0.4, -0.2) is 25.6 Å². The van der Waals surface area contributed by atoms with Crippen LogP contribution in [0, 0.1) is 0 Å². The number of anilines is 1. The minimum atomic E-state index is -4.75. The number of amides is 1. The van der Waals surface area contributed by atoms with Crippen molar-refractivity contribution in [1.29, 1.82) is 0 Å². The molecule has 4 aromatic rings. The van der Waals surface area contributed by atoms with Crippen LogP contribution in [0.1, 0.15) is 16.1 Å². The number of hydrogen-bond acceptors (Lipinski definition) is 5. The van der Waals surface area contributed by atoms with E-state index in [0.29, 0.717) is 8.99 Å². The number of halogens is 4. The number of aromatic hydroxyl groups is 1. The molecule has 0 unspecified atom stereocenters. The number of carbonyl (C=O) groups excluding carboxylic acids is 1. The molecule has 0 radical (unpaired) electrons. The van der Waals surface area contributed by atoms with Gasteiger partial charge in [0.15, 0.2) is 17.1 Å². The Labute approximate surface area is 168 Å². The third-order valence-electron chi connectivity index (χ3n) is 3.99. The number of benzene rings is 1. The van der Waals surface area contributed by atoms with E-state index in [1.807, 2.05) is 0 Å². The summed E-state index contributed by atoms with van der Waals surface area (Å²) in [5, 5.41) is 16.0.